The zero-order valence-electron chi connectivity index (χ0n) is 15.0. The van der Waals surface area contributed by atoms with E-state index in [0.717, 1.165) is 18.7 Å². The monoisotopic (exact) mass is 362 g/mol. The zero-order chi connectivity index (χ0) is 18.9. The van der Waals surface area contributed by atoms with Gasteiger partial charge in [0, 0.05) is 12.1 Å². The van der Waals surface area contributed by atoms with Crippen molar-refractivity contribution < 1.29 is 18.3 Å². The van der Waals surface area contributed by atoms with Crippen LogP contribution in [-0.4, -0.2) is 37.1 Å². The highest BCUT2D eigenvalue weighted by molar-refractivity contribution is 5.94. The molecule has 1 amide bonds. The van der Waals surface area contributed by atoms with Crippen LogP contribution in [0, 0.1) is 0 Å². The highest BCUT2D eigenvalue weighted by Gasteiger charge is 2.19. The molecule has 1 unspecified atom stereocenters. The van der Waals surface area contributed by atoms with Crippen molar-refractivity contribution in [1.82, 2.24) is 10.2 Å². The van der Waals surface area contributed by atoms with E-state index in [2.05, 4.69) is 28.8 Å². The van der Waals surface area contributed by atoms with Gasteiger partial charge in [0.15, 0.2) is 0 Å². The van der Waals surface area contributed by atoms with E-state index < -0.39 is 6.61 Å². The second-order valence-corrected chi connectivity index (χ2v) is 5.76. The zero-order valence-corrected chi connectivity index (χ0v) is 15.0. The fourth-order valence-corrected chi connectivity index (χ4v) is 2.88. The number of likely N-dealkylation sites (N-methyl/N-ethyl adjacent to an activating group) is 1. The van der Waals surface area contributed by atoms with E-state index in [1.165, 1.54) is 24.3 Å². The molecule has 0 fully saturated rings. The van der Waals surface area contributed by atoms with Crippen LogP contribution < -0.4 is 10.1 Å². The molecule has 0 saturated heterocycles. The lowest BCUT2D eigenvalue weighted by Gasteiger charge is -2.30. The Morgan fingerprint density at radius 2 is 1.65 bits per heavy atom. The number of halogens is 2. The largest absolute Gasteiger partial charge is 0.435 e. The van der Waals surface area contributed by atoms with Crippen LogP contribution in [0.25, 0.3) is 0 Å². The van der Waals surface area contributed by atoms with Crippen LogP contribution in [0.1, 0.15) is 35.8 Å². The topological polar surface area (TPSA) is 41.6 Å². The van der Waals surface area contributed by atoms with Crippen molar-refractivity contribution in [3.8, 4) is 5.75 Å². The maximum absolute atomic E-state index is 12.4. The molecular weight excluding hydrogens is 338 g/mol. The number of hydrogen-bond donors (Lipinski definition) is 1. The average molecular weight is 362 g/mol. The molecule has 0 aliphatic heterocycles. The molecule has 0 aromatic heterocycles. The lowest BCUT2D eigenvalue weighted by molar-refractivity contribution is -0.0498. The third-order valence-electron chi connectivity index (χ3n) is 4.24. The molecule has 0 spiro atoms. The number of ether oxygens (including phenoxy) is 1. The predicted octanol–water partition coefficient (Wildman–Crippen LogP) is 4.10. The number of carbonyl (C=O) groups is 1. The Kier molecular flexibility index (Phi) is 7.53. The van der Waals surface area contributed by atoms with Gasteiger partial charge in [0.2, 0.25) is 0 Å². The van der Waals surface area contributed by atoms with Gasteiger partial charge in [-0.3, -0.25) is 9.69 Å². The van der Waals surface area contributed by atoms with Crippen LogP contribution in [0.2, 0.25) is 0 Å². The number of nitrogens with one attached hydrogen (secondary N) is 1. The molecule has 2 rings (SSSR count). The number of nitrogens with zero attached hydrogens (tertiary/aromatic N) is 1. The Bertz CT molecular complexity index is 674. The summed E-state index contributed by atoms with van der Waals surface area (Å²) in [6, 6.07) is 15.8. The highest BCUT2D eigenvalue weighted by Crippen LogP contribution is 2.20. The number of benzene rings is 2. The van der Waals surface area contributed by atoms with Gasteiger partial charge in [0.05, 0.1) is 6.04 Å². The summed E-state index contributed by atoms with van der Waals surface area (Å²) in [6.45, 7) is 3.48. The average Bonchev–Trinajstić information content (AvgIpc) is 2.65. The normalized spacial score (nSPS) is 12.2. The smallest absolute Gasteiger partial charge is 0.387 e. The molecule has 2 aromatic rings. The molecule has 0 aliphatic carbocycles. The molecule has 1 N–H and O–H groups in total. The Hall–Kier alpha value is -2.47. The van der Waals surface area contributed by atoms with E-state index in [-0.39, 0.29) is 17.7 Å². The maximum atomic E-state index is 12.4. The fourth-order valence-electron chi connectivity index (χ4n) is 2.88. The van der Waals surface area contributed by atoms with E-state index in [1.54, 1.807) is 0 Å². The number of amides is 1. The minimum Gasteiger partial charge on any atom is -0.435 e. The molecule has 0 bridgehead atoms. The standard InChI is InChI=1S/C20H24F2N2O2/c1-3-24(4-2)18(15-8-6-5-7-9-15)14-23-19(25)16-10-12-17(13-11-16)26-20(21)22/h5-13,18,20H,3-4,14H2,1-2H3,(H,23,25). The second kappa shape index (κ2) is 9.87. The third kappa shape index (κ3) is 5.52. The van der Waals surface area contributed by atoms with E-state index in [1.807, 2.05) is 30.3 Å². The molecule has 6 heteroatoms. The quantitative estimate of drug-likeness (QED) is 0.730. The van der Waals surface area contributed by atoms with Gasteiger partial charge in [-0.15, -0.1) is 0 Å². The Morgan fingerprint density at radius 3 is 2.19 bits per heavy atom. The Balaban J connectivity index is 2.04. The summed E-state index contributed by atoms with van der Waals surface area (Å²) in [7, 11) is 0. The van der Waals surface area contributed by atoms with E-state index in [9.17, 15) is 13.6 Å². The van der Waals surface area contributed by atoms with Gasteiger partial charge in [-0.25, -0.2) is 0 Å². The first-order chi connectivity index (χ1) is 12.5. The first-order valence-electron chi connectivity index (χ1n) is 8.67. The van der Waals surface area contributed by atoms with Crippen LogP contribution in [-0.2, 0) is 0 Å². The second-order valence-electron chi connectivity index (χ2n) is 5.76. The first-order valence-corrected chi connectivity index (χ1v) is 8.67. The lowest BCUT2D eigenvalue weighted by atomic mass is 10.0. The molecule has 140 valence electrons. The molecule has 0 aliphatic rings. The maximum Gasteiger partial charge on any atom is 0.387 e. The van der Waals surface area contributed by atoms with Crippen molar-refractivity contribution in [2.75, 3.05) is 19.6 Å². The molecule has 1 atom stereocenters. The molecular formula is C20H24F2N2O2. The van der Waals surface area contributed by atoms with Crippen molar-refractivity contribution in [3.63, 3.8) is 0 Å². The number of carbonyl (C=O) groups excluding carboxylic acids is 1. The Labute approximate surface area is 152 Å². The van der Waals surface area contributed by atoms with Gasteiger partial charge in [-0.1, -0.05) is 44.2 Å². The Morgan fingerprint density at radius 1 is 1.04 bits per heavy atom. The van der Waals surface area contributed by atoms with Gasteiger partial charge in [-0.05, 0) is 42.9 Å². The van der Waals surface area contributed by atoms with Crippen LogP contribution in [0.4, 0.5) is 8.78 Å². The fraction of sp³-hybridized carbons (Fsp3) is 0.350. The van der Waals surface area contributed by atoms with Crippen LogP contribution in [0.3, 0.4) is 0 Å². The highest BCUT2D eigenvalue weighted by atomic mass is 19.3. The van der Waals surface area contributed by atoms with Crippen molar-refractivity contribution in [3.05, 3.63) is 65.7 Å². The molecule has 0 radical (unpaired) electrons. The molecule has 4 nitrogen and oxygen atoms in total. The molecule has 0 heterocycles. The van der Waals surface area contributed by atoms with E-state index in [0.29, 0.717) is 12.1 Å². The lowest BCUT2D eigenvalue weighted by Crippen LogP contribution is -2.38. The van der Waals surface area contributed by atoms with Crippen molar-refractivity contribution >= 4 is 5.91 Å². The van der Waals surface area contributed by atoms with Crippen LogP contribution in [0.15, 0.2) is 54.6 Å². The summed E-state index contributed by atoms with van der Waals surface area (Å²) in [5.74, 6) is -0.219. The van der Waals surface area contributed by atoms with Gasteiger partial charge in [0.25, 0.3) is 5.91 Å². The first kappa shape index (κ1) is 19.8. The number of rotatable bonds is 9. The van der Waals surface area contributed by atoms with Crippen molar-refractivity contribution in [2.24, 2.45) is 0 Å². The van der Waals surface area contributed by atoms with Gasteiger partial charge < -0.3 is 10.1 Å². The summed E-state index contributed by atoms with van der Waals surface area (Å²) in [5, 5.41) is 2.94. The summed E-state index contributed by atoms with van der Waals surface area (Å²) in [6.07, 6.45) is 0. The summed E-state index contributed by atoms with van der Waals surface area (Å²) in [5.41, 5.74) is 1.54. The molecule has 26 heavy (non-hydrogen) atoms. The number of hydrogen-bond acceptors (Lipinski definition) is 3. The van der Waals surface area contributed by atoms with Gasteiger partial charge >= 0.3 is 6.61 Å². The SMILES string of the molecule is CCN(CC)C(CNC(=O)c1ccc(OC(F)F)cc1)c1ccccc1. The summed E-state index contributed by atoms with van der Waals surface area (Å²) >= 11 is 0. The minimum atomic E-state index is -2.88. The summed E-state index contributed by atoms with van der Waals surface area (Å²) < 4.78 is 28.7. The van der Waals surface area contributed by atoms with Crippen LogP contribution >= 0.6 is 0 Å². The molecule has 0 saturated carbocycles. The van der Waals surface area contributed by atoms with Gasteiger partial charge in [-0.2, -0.15) is 8.78 Å². The number of alkyl halides is 2. The summed E-state index contributed by atoms with van der Waals surface area (Å²) in [4.78, 5) is 14.7. The third-order valence-corrected chi connectivity index (χ3v) is 4.24. The van der Waals surface area contributed by atoms with Gasteiger partial charge in [0.1, 0.15) is 5.75 Å². The molecule has 2 aromatic carbocycles. The van der Waals surface area contributed by atoms with Crippen molar-refractivity contribution in [1.29, 1.82) is 0 Å². The van der Waals surface area contributed by atoms with E-state index >= 15 is 0 Å². The predicted molar refractivity (Wildman–Crippen MR) is 97.5 cm³/mol. The van der Waals surface area contributed by atoms with Crippen molar-refractivity contribution in [2.45, 2.75) is 26.5 Å². The minimum absolute atomic E-state index is 0.0295. The van der Waals surface area contributed by atoms with Crippen LogP contribution in [0.5, 0.6) is 5.75 Å². The van der Waals surface area contributed by atoms with E-state index in [4.69, 9.17) is 0 Å².